The number of rotatable bonds is 6. The molecule has 0 N–H and O–H groups in total. The maximum absolute atomic E-state index is 12.8. The number of nitrogens with zero attached hydrogens (tertiary/aromatic N) is 5. The number of hydrogen-bond donors (Lipinski definition) is 0. The van der Waals surface area contributed by atoms with Crippen LogP contribution in [-0.4, -0.2) is 76.6 Å². The van der Waals surface area contributed by atoms with Gasteiger partial charge in [0, 0.05) is 41.8 Å². The Kier molecular flexibility index (Phi) is 7.25. The van der Waals surface area contributed by atoms with Gasteiger partial charge in [0.25, 0.3) is 0 Å². The minimum absolute atomic E-state index is 0.0833. The fourth-order valence-corrected chi connectivity index (χ4v) is 4.71. The third kappa shape index (κ3) is 5.04. The van der Waals surface area contributed by atoms with Crippen LogP contribution in [-0.2, 0) is 4.79 Å². The number of halogens is 2. The van der Waals surface area contributed by atoms with Crippen molar-refractivity contribution in [2.75, 3.05) is 46.1 Å². The molecule has 1 aliphatic rings. The van der Waals surface area contributed by atoms with Crippen LogP contribution in [0.15, 0.2) is 47.6 Å². The van der Waals surface area contributed by atoms with Crippen molar-refractivity contribution in [3.8, 4) is 22.8 Å². The van der Waals surface area contributed by atoms with E-state index in [0.717, 1.165) is 31.7 Å². The van der Waals surface area contributed by atoms with Crippen LogP contribution in [0, 0.1) is 0 Å². The maximum atomic E-state index is 12.8. The molecule has 1 fully saturated rings. The van der Waals surface area contributed by atoms with E-state index in [-0.39, 0.29) is 11.7 Å². The van der Waals surface area contributed by atoms with Crippen molar-refractivity contribution in [2.45, 2.75) is 5.16 Å². The monoisotopic (exact) mass is 491 g/mol. The molecule has 0 bridgehead atoms. The summed E-state index contributed by atoms with van der Waals surface area (Å²) >= 11 is 13.9. The molecule has 0 aliphatic carbocycles. The van der Waals surface area contributed by atoms with Crippen LogP contribution in [0.3, 0.4) is 0 Å². The first-order valence-electron chi connectivity index (χ1n) is 10.1. The molecule has 0 unspecified atom stereocenters. The minimum Gasteiger partial charge on any atom is -0.495 e. The fraction of sp³-hybridized carbons (Fsp3) is 0.318. The van der Waals surface area contributed by atoms with Gasteiger partial charge in [-0.2, -0.15) is 0 Å². The van der Waals surface area contributed by atoms with Crippen LogP contribution >= 0.6 is 35.0 Å². The van der Waals surface area contributed by atoms with E-state index >= 15 is 0 Å². The van der Waals surface area contributed by atoms with Crippen molar-refractivity contribution in [1.82, 2.24) is 24.6 Å². The van der Waals surface area contributed by atoms with Crippen LogP contribution in [0.1, 0.15) is 0 Å². The Hall–Kier alpha value is -2.26. The van der Waals surface area contributed by atoms with Gasteiger partial charge in [-0.05, 0) is 37.4 Å². The van der Waals surface area contributed by atoms with Crippen molar-refractivity contribution in [1.29, 1.82) is 0 Å². The van der Waals surface area contributed by atoms with Crippen LogP contribution in [0.4, 0.5) is 0 Å². The van der Waals surface area contributed by atoms with Gasteiger partial charge in [-0.3, -0.25) is 9.36 Å². The quantitative estimate of drug-likeness (QED) is 0.483. The molecule has 3 aromatic rings. The van der Waals surface area contributed by atoms with Gasteiger partial charge in [-0.1, -0.05) is 47.1 Å². The van der Waals surface area contributed by atoms with Gasteiger partial charge in [0.1, 0.15) is 5.75 Å². The number of likely N-dealkylation sites (N-methyl/N-ethyl adjacent to an activating group) is 1. The highest BCUT2D eigenvalue weighted by molar-refractivity contribution is 7.99. The number of methoxy groups -OCH3 is 1. The van der Waals surface area contributed by atoms with Crippen LogP contribution in [0.25, 0.3) is 17.1 Å². The molecular formula is C22H23Cl2N5O2S. The summed E-state index contributed by atoms with van der Waals surface area (Å²) in [4.78, 5) is 16.9. The van der Waals surface area contributed by atoms with Crippen molar-refractivity contribution in [3.63, 3.8) is 0 Å². The van der Waals surface area contributed by atoms with Gasteiger partial charge < -0.3 is 14.5 Å². The zero-order chi connectivity index (χ0) is 22.7. The number of thioether (sulfide) groups is 1. The summed E-state index contributed by atoms with van der Waals surface area (Å²) in [5, 5.41) is 10.5. The minimum atomic E-state index is 0.0833. The predicted octanol–water partition coefficient (Wildman–Crippen LogP) is 4.12. The molecule has 0 radical (unpaired) electrons. The third-order valence-electron chi connectivity index (χ3n) is 5.28. The SMILES string of the molecule is COc1ccc(Cl)cc1-n1c(SCC(=O)N2CCN(C)CC2)nnc1-c1cccc(Cl)c1. The summed E-state index contributed by atoms with van der Waals surface area (Å²) in [6, 6.07) is 12.7. The molecule has 168 valence electrons. The number of benzene rings is 2. The first-order valence-corrected chi connectivity index (χ1v) is 11.8. The van der Waals surface area contributed by atoms with Crippen LogP contribution < -0.4 is 4.74 Å². The van der Waals surface area contributed by atoms with E-state index in [1.54, 1.807) is 31.4 Å². The summed E-state index contributed by atoms with van der Waals surface area (Å²) < 4.78 is 7.43. The second kappa shape index (κ2) is 10.1. The van der Waals surface area contributed by atoms with Gasteiger partial charge in [0.05, 0.1) is 18.6 Å². The first-order chi connectivity index (χ1) is 15.5. The summed E-state index contributed by atoms with van der Waals surface area (Å²) in [6.07, 6.45) is 0. The standard InChI is InChI=1S/C22H23Cl2N5O2S/c1-27-8-10-28(11-9-27)20(30)14-32-22-26-25-21(15-4-3-5-16(23)12-15)29(22)18-13-17(24)6-7-19(18)31-2/h3-7,12-13H,8-11,14H2,1-2H3. The van der Waals surface area contributed by atoms with Crippen molar-refractivity contribution in [2.24, 2.45) is 0 Å². The Morgan fingerprint density at radius 2 is 1.81 bits per heavy atom. The number of carbonyl (C=O) groups is 1. The topological polar surface area (TPSA) is 63.5 Å². The molecule has 0 spiro atoms. The molecule has 2 heterocycles. The molecule has 7 nitrogen and oxygen atoms in total. The summed E-state index contributed by atoms with van der Waals surface area (Å²) in [5.74, 6) is 1.55. The third-order valence-corrected chi connectivity index (χ3v) is 6.66. The average molecular weight is 492 g/mol. The Balaban J connectivity index is 1.69. The molecule has 1 aliphatic heterocycles. The lowest BCUT2D eigenvalue weighted by Crippen LogP contribution is -2.47. The first kappa shape index (κ1) is 22.9. The zero-order valence-corrected chi connectivity index (χ0v) is 20.1. The highest BCUT2D eigenvalue weighted by atomic mass is 35.5. The number of hydrogen-bond acceptors (Lipinski definition) is 6. The highest BCUT2D eigenvalue weighted by Gasteiger charge is 2.23. The Morgan fingerprint density at radius 3 is 2.53 bits per heavy atom. The summed E-state index contributed by atoms with van der Waals surface area (Å²) in [6.45, 7) is 3.23. The Bertz CT molecular complexity index is 1120. The lowest BCUT2D eigenvalue weighted by molar-refractivity contribution is -0.129. The summed E-state index contributed by atoms with van der Waals surface area (Å²) in [5.41, 5.74) is 1.48. The van der Waals surface area contributed by atoms with Gasteiger partial charge in [0.2, 0.25) is 5.91 Å². The number of amides is 1. The number of carbonyl (C=O) groups excluding carboxylic acids is 1. The molecule has 0 atom stereocenters. The van der Waals surface area contributed by atoms with Crippen LogP contribution in [0.5, 0.6) is 5.75 Å². The molecule has 0 saturated carbocycles. The van der Waals surface area contributed by atoms with E-state index in [1.807, 2.05) is 27.7 Å². The zero-order valence-electron chi connectivity index (χ0n) is 17.8. The molecule has 4 rings (SSSR count). The Morgan fingerprint density at radius 1 is 1.06 bits per heavy atom. The van der Waals surface area contributed by atoms with Gasteiger partial charge in [-0.15, -0.1) is 10.2 Å². The van der Waals surface area contributed by atoms with Gasteiger partial charge in [-0.25, -0.2) is 0 Å². The van der Waals surface area contributed by atoms with E-state index in [4.69, 9.17) is 27.9 Å². The molecule has 1 aromatic heterocycles. The predicted molar refractivity (Wildman–Crippen MR) is 128 cm³/mol. The number of piperazine rings is 1. The van der Waals surface area contributed by atoms with E-state index in [1.165, 1.54) is 11.8 Å². The van der Waals surface area contributed by atoms with Crippen molar-refractivity contribution in [3.05, 3.63) is 52.5 Å². The lowest BCUT2D eigenvalue weighted by Gasteiger charge is -2.32. The number of aromatic nitrogens is 3. The smallest absolute Gasteiger partial charge is 0.233 e. The average Bonchev–Trinajstić information content (AvgIpc) is 3.21. The largest absolute Gasteiger partial charge is 0.495 e. The fourth-order valence-electron chi connectivity index (χ4n) is 3.51. The molecular weight excluding hydrogens is 469 g/mol. The van der Waals surface area contributed by atoms with Gasteiger partial charge in [0.15, 0.2) is 11.0 Å². The number of ether oxygens (including phenoxy) is 1. The van der Waals surface area contributed by atoms with E-state index in [0.29, 0.717) is 32.5 Å². The molecule has 2 aromatic carbocycles. The molecule has 10 heteroatoms. The molecule has 1 saturated heterocycles. The van der Waals surface area contributed by atoms with Crippen molar-refractivity contribution >= 4 is 40.9 Å². The second-order valence-electron chi connectivity index (χ2n) is 7.44. The maximum Gasteiger partial charge on any atom is 0.233 e. The highest BCUT2D eigenvalue weighted by Crippen LogP contribution is 2.34. The van der Waals surface area contributed by atoms with E-state index < -0.39 is 0 Å². The molecule has 1 amide bonds. The molecule has 32 heavy (non-hydrogen) atoms. The van der Waals surface area contributed by atoms with Crippen LogP contribution in [0.2, 0.25) is 10.0 Å². The van der Waals surface area contributed by atoms with E-state index in [9.17, 15) is 4.79 Å². The normalized spacial score (nSPS) is 14.6. The van der Waals surface area contributed by atoms with Gasteiger partial charge >= 0.3 is 0 Å². The lowest BCUT2D eigenvalue weighted by atomic mass is 10.2. The Labute approximate surface area is 201 Å². The summed E-state index contributed by atoms with van der Waals surface area (Å²) in [7, 11) is 3.66. The van der Waals surface area contributed by atoms with E-state index in [2.05, 4.69) is 22.1 Å². The van der Waals surface area contributed by atoms with Crippen molar-refractivity contribution < 1.29 is 9.53 Å². The second-order valence-corrected chi connectivity index (χ2v) is 9.26.